The number of rotatable bonds is 0. The Kier molecular flexibility index (Phi) is 1.69. The summed E-state index contributed by atoms with van der Waals surface area (Å²) >= 11 is 7.28. The Balaban J connectivity index is 2.66. The minimum Gasteiger partial charge on any atom is -0.172 e. The fraction of sp³-hybridized carbons (Fsp3) is 0. The Morgan fingerprint density at radius 1 is 1.07 bits per heavy atom. The summed E-state index contributed by atoms with van der Waals surface area (Å²) in [5, 5.41) is 2.89. The van der Waals surface area contributed by atoms with Crippen molar-refractivity contribution in [2.24, 2.45) is 0 Å². The number of benzene rings is 2. The van der Waals surface area contributed by atoms with Crippen LogP contribution in [-0.4, -0.2) is 8.75 Å². The van der Waals surface area contributed by atoms with Gasteiger partial charge in [0.15, 0.2) is 0 Å². The third-order valence-electron chi connectivity index (χ3n) is 2.21. The minimum atomic E-state index is 0.674. The summed E-state index contributed by atoms with van der Waals surface area (Å²) in [6.07, 6.45) is 0. The van der Waals surface area contributed by atoms with Gasteiger partial charge in [0, 0.05) is 5.39 Å². The zero-order chi connectivity index (χ0) is 9.54. The van der Waals surface area contributed by atoms with E-state index < -0.39 is 0 Å². The lowest BCUT2D eigenvalue weighted by molar-refractivity contribution is 1.67. The van der Waals surface area contributed by atoms with Gasteiger partial charge in [-0.25, -0.2) is 0 Å². The maximum Gasteiger partial charge on any atom is 0.124 e. The average Bonchev–Trinajstić information content (AvgIpc) is 2.67. The molecule has 0 aliphatic carbocycles. The van der Waals surface area contributed by atoms with Crippen molar-refractivity contribution in [3.05, 3.63) is 35.4 Å². The van der Waals surface area contributed by atoms with Crippen LogP contribution in [-0.2, 0) is 0 Å². The van der Waals surface area contributed by atoms with Crippen LogP contribution in [0.25, 0.3) is 21.8 Å². The highest BCUT2D eigenvalue weighted by molar-refractivity contribution is 7.00. The van der Waals surface area contributed by atoms with Crippen LogP contribution in [0.15, 0.2) is 30.3 Å². The number of aromatic nitrogens is 2. The Bertz CT molecular complexity index is 618. The highest BCUT2D eigenvalue weighted by Crippen LogP contribution is 2.29. The van der Waals surface area contributed by atoms with Gasteiger partial charge < -0.3 is 0 Å². The van der Waals surface area contributed by atoms with Gasteiger partial charge in [-0.15, -0.1) is 0 Å². The molecule has 0 bridgehead atoms. The van der Waals surface area contributed by atoms with Crippen molar-refractivity contribution >= 4 is 45.1 Å². The van der Waals surface area contributed by atoms with Crippen LogP contribution in [0.1, 0.15) is 0 Å². The first-order valence-electron chi connectivity index (χ1n) is 4.16. The third kappa shape index (κ3) is 1.03. The SMILES string of the molecule is Clc1cc2ccccc2c2nsnc12. The summed E-state index contributed by atoms with van der Waals surface area (Å²) in [4.78, 5) is 0. The van der Waals surface area contributed by atoms with E-state index in [1.807, 2.05) is 30.3 Å². The van der Waals surface area contributed by atoms with Crippen LogP contribution < -0.4 is 0 Å². The predicted octanol–water partition coefficient (Wildman–Crippen LogP) is 3.50. The Morgan fingerprint density at radius 3 is 2.79 bits per heavy atom. The van der Waals surface area contributed by atoms with E-state index in [2.05, 4.69) is 8.75 Å². The van der Waals surface area contributed by atoms with Gasteiger partial charge in [0.2, 0.25) is 0 Å². The summed E-state index contributed by atoms with van der Waals surface area (Å²) in [6, 6.07) is 9.98. The van der Waals surface area contributed by atoms with Gasteiger partial charge in [-0.05, 0) is 11.5 Å². The molecule has 0 saturated heterocycles. The molecule has 0 aliphatic heterocycles. The standard InChI is InChI=1S/C10H5ClN2S/c11-8-5-6-3-1-2-4-7(6)9-10(8)13-14-12-9/h1-5H. The fourth-order valence-corrected chi connectivity index (χ4v) is 2.44. The lowest BCUT2D eigenvalue weighted by atomic mass is 10.1. The predicted molar refractivity (Wildman–Crippen MR) is 59.9 cm³/mol. The lowest BCUT2D eigenvalue weighted by Gasteiger charge is -1.98. The van der Waals surface area contributed by atoms with Gasteiger partial charge in [0.1, 0.15) is 11.0 Å². The molecular weight excluding hydrogens is 216 g/mol. The summed E-state index contributed by atoms with van der Waals surface area (Å²) in [5.74, 6) is 0. The van der Waals surface area contributed by atoms with Crippen molar-refractivity contribution in [3.63, 3.8) is 0 Å². The first-order chi connectivity index (χ1) is 6.86. The number of hydrogen-bond donors (Lipinski definition) is 0. The van der Waals surface area contributed by atoms with E-state index in [9.17, 15) is 0 Å². The van der Waals surface area contributed by atoms with Crippen molar-refractivity contribution in [2.75, 3.05) is 0 Å². The first kappa shape index (κ1) is 8.15. The number of hydrogen-bond acceptors (Lipinski definition) is 3. The molecule has 4 heteroatoms. The van der Waals surface area contributed by atoms with Crippen molar-refractivity contribution in [1.82, 2.24) is 8.75 Å². The smallest absolute Gasteiger partial charge is 0.124 e. The molecular formula is C10H5ClN2S. The quantitative estimate of drug-likeness (QED) is 0.580. The molecule has 0 saturated carbocycles. The molecule has 0 fully saturated rings. The number of halogens is 1. The second-order valence-electron chi connectivity index (χ2n) is 3.04. The molecule has 0 N–H and O–H groups in total. The molecule has 0 amide bonds. The van der Waals surface area contributed by atoms with E-state index in [0.29, 0.717) is 5.02 Å². The van der Waals surface area contributed by atoms with E-state index in [1.54, 1.807) is 0 Å². The van der Waals surface area contributed by atoms with E-state index in [1.165, 1.54) is 11.7 Å². The van der Waals surface area contributed by atoms with Crippen LogP contribution in [0.3, 0.4) is 0 Å². The van der Waals surface area contributed by atoms with Crippen molar-refractivity contribution < 1.29 is 0 Å². The Hall–Kier alpha value is -1.19. The van der Waals surface area contributed by atoms with Crippen LogP contribution in [0.4, 0.5) is 0 Å². The summed E-state index contributed by atoms with van der Waals surface area (Å²) in [5.41, 5.74) is 1.70. The molecule has 0 radical (unpaired) electrons. The van der Waals surface area contributed by atoms with E-state index in [-0.39, 0.29) is 0 Å². The van der Waals surface area contributed by atoms with Crippen LogP contribution in [0.5, 0.6) is 0 Å². The summed E-state index contributed by atoms with van der Waals surface area (Å²) < 4.78 is 8.42. The summed E-state index contributed by atoms with van der Waals surface area (Å²) in [7, 11) is 0. The molecule has 0 atom stereocenters. The first-order valence-corrected chi connectivity index (χ1v) is 5.26. The second kappa shape index (κ2) is 2.90. The maximum atomic E-state index is 6.08. The van der Waals surface area contributed by atoms with Gasteiger partial charge in [0.05, 0.1) is 16.8 Å². The average molecular weight is 221 g/mol. The Morgan fingerprint density at radius 2 is 1.86 bits per heavy atom. The number of nitrogens with zero attached hydrogens (tertiary/aromatic N) is 2. The largest absolute Gasteiger partial charge is 0.172 e. The normalized spacial score (nSPS) is 11.2. The molecule has 1 aromatic heterocycles. The third-order valence-corrected chi connectivity index (χ3v) is 3.03. The van der Waals surface area contributed by atoms with E-state index in [0.717, 1.165) is 21.8 Å². The molecule has 68 valence electrons. The van der Waals surface area contributed by atoms with Crippen LogP contribution >= 0.6 is 23.3 Å². The van der Waals surface area contributed by atoms with Crippen molar-refractivity contribution in [2.45, 2.75) is 0 Å². The fourth-order valence-electron chi connectivity index (χ4n) is 1.57. The Labute approximate surface area is 89.5 Å². The van der Waals surface area contributed by atoms with Gasteiger partial charge in [-0.2, -0.15) is 8.75 Å². The topological polar surface area (TPSA) is 25.8 Å². The molecule has 3 rings (SSSR count). The molecule has 2 nitrogen and oxygen atoms in total. The minimum absolute atomic E-state index is 0.674. The highest BCUT2D eigenvalue weighted by atomic mass is 35.5. The highest BCUT2D eigenvalue weighted by Gasteiger charge is 2.07. The lowest BCUT2D eigenvalue weighted by Crippen LogP contribution is -1.77. The maximum absolute atomic E-state index is 6.08. The summed E-state index contributed by atoms with van der Waals surface area (Å²) in [6.45, 7) is 0. The molecule has 0 unspecified atom stereocenters. The van der Waals surface area contributed by atoms with Gasteiger partial charge in [-0.3, -0.25) is 0 Å². The van der Waals surface area contributed by atoms with Gasteiger partial charge in [-0.1, -0.05) is 35.9 Å². The molecule has 1 heterocycles. The van der Waals surface area contributed by atoms with Crippen LogP contribution in [0.2, 0.25) is 5.02 Å². The molecule has 0 spiro atoms. The van der Waals surface area contributed by atoms with E-state index in [4.69, 9.17) is 11.6 Å². The monoisotopic (exact) mass is 220 g/mol. The van der Waals surface area contributed by atoms with Crippen molar-refractivity contribution in [3.8, 4) is 0 Å². The van der Waals surface area contributed by atoms with Gasteiger partial charge in [0.25, 0.3) is 0 Å². The molecule has 3 aromatic rings. The van der Waals surface area contributed by atoms with Crippen LogP contribution in [0, 0.1) is 0 Å². The molecule has 0 aliphatic rings. The van der Waals surface area contributed by atoms with E-state index >= 15 is 0 Å². The zero-order valence-corrected chi connectivity index (χ0v) is 8.64. The van der Waals surface area contributed by atoms with Gasteiger partial charge >= 0.3 is 0 Å². The zero-order valence-electron chi connectivity index (χ0n) is 7.07. The molecule has 2 aromatic carbocycles. The molecule has 14 heavy (non-hydrogen) atoms. The van der Waals surface area contributed by atoms with Crippen molar-refractivity contribution in [1.29, 1.82) is 0 Å². The number of fused-ring (bicyclic) bond motifs is 3. The second-order valence-corrected chi connectivity index (χ2v) is 3.98.